The van der Waals surface area contributed by atoms with Crippen molar-refractivity contribution in [3.63, 3.8) is 0 Å². The van der Waals surface area contributed by atoms with Crippen molar-refractivity contribution < 1.29 is 35.1 Å². The second kappa shape index (κ2) is 24.7. The van der Waals surface area contributed by atoms with Crippen LogP contribution in [0.3, 0.4) is 0 Å². The molecule has 0 fully saturated rings. The van der Waals surface area contributed by atoms with Gasteiger partial charge in [0.2, 0.25) is 12.7 Å². The van der Waals surface area contributed by atoms with Gasteiger partial charge in [-0.15, -0.1) is 0 Å². The van der Waals surface area contributed by atoms with Gasteiger partial charge in [-0.2, -0.15) is 0 Å². The summed E-state index contributed by atoms with van der Waals surface area (Å²) in [4.78, 5) is 0. The minimum atomic E-state index is -3.92. The molecule has 0 N–H and O–H groups in total. The zero-order valence-electron chi connectivity index (χ0n) is 26.7. The van der Waals surface area contributed by atoms with E-state index in [1.807, 2.05) is 0 Å². The van der Waals surface area contributed by atoms with E-state index >= 15 is 0 Å². The summed E-state index contributed by atoms with van der Waals surface area (Å²) in [6.07, 6.45) is 36.5. The first kappa shape index (κ1) is 40.2. The molecule has 12 heteroatoms. The Balaban J connectivity index is 0.00000144. The number of rotatable bonds is 21. The van der Waals surface area contributed by atoms with E-state index in [9.17, 15) is 0 Å². The maximum atomic E-state index is 9.08. The van der Waals surface area contributed by atoms with Crippen molar-refractivity contribution in [2.45, 2.75) is 143 Å². The van der Waals surface area contributed by atoms with Crippen molar-refractivity contribution >= 4 is 20.2 Å². The summed E-state index contributed by atoms with van der Waals surface area (Å²) < 4.78 is 63.9. The molecule has 2 rings (SSSR count). The molecule has 2 heterocycles. The lowest BCUT2D eigenvalue weighted by molar-refractivity contribution is -0.697. The van der Waals surface area contributed by atoms with Gasteiger partial charge in [0.15, 0.2) is 0 Å². The molecule has 10 nitrogen and oxygen atoms in total. The lowest BCUT2D eigenvalue weighted by Gasteiger charge is -2.02. The summed E-state index contributed by atoms with van der Waals surface area (Å²) in [6.45, 7) is 9.26. The third-order valence-electron chi connectivity index (χ3n) is 6.61. The molecule has 42 heavy (non-hydrogen) atoms. The van der Waals surface area contributed by atoms with Gasteiger partial charge in [0.25, 0.3) is 0 Å². The number of aryl methyl sites for hydroxylation is 4. The highest BCUT2D eigenvalue weighted by Gasteiger charge is 2.05. The lowest BCUT2D eigenvalue weighted by atomic mass is 10.1. The summed E-state index contributed by atoms with van der Waals surface area (Å²) in [5.41, 5.74) is 0. The molecule has 0 unspecified atom stereocenters. The van der Waals surface area contributed by atoms with E-state index in [0.29, 0.717) is 12.5 Å². The summed E-state index contributed by atoms with van der Waals surface area (Å²) in [5.74, 6) is 0. The molecule has 0 saturated carbocycles. The SMILES string of the molecule is CCCCCCn1cc[n+](CCCCCCCCCC[n+]2ccn(CCCCCC)c2)c1.CS(=O)(=O)[O-].CS(=O)(=O)[O-]. The first-order valence-electron chi connectivity index (χ1n) is 15.7. The summed E-state index contributed by atoms with van der Waals surface area (Å²) >= 11 is 0. The predicted molar refractivity (Wildman–Crippen MR) is 166 cm³/mol. The van der Waals surface area contributed by atoms with Crippen LogP contribution in [0.4, 0.5) is 0 Å². The van der Waals surface area contributed by atoms with Crippen molar-refractivity contribution in [2.75, 3.05) is 12.5 Å². The van der Waals surface area contributed by atoms with Gasteiger partial charge in [-0.05, 0) is 51.4 Å². The van der Waals surface area contributed by atoms with Crippen molar-refractivity contribution in [3.8, 4) is 0 Å². The first-order valence-corrected chi connectivity index (χ1v) is 19.4. The zero-order valence-corrected chi connectivity index (χ0v) is 28.3. The minimum absolute atomic E-state index is 0.604. The summed E-state index contributed by atoms with van der Waals surface area (Å²) in [5, 5.41) is 0. The van der Waals surface area contributed by atoms with Crippen molar-refractivity contribution in [3.05, 3.63) is 37.4 Å². The number of aromatic nitrogens is 4. The Morgan fingerprint density at radius 3 is 1.12 bits per heavy atom. The summed E-state index contributed by atoms with van der Waals surface area (Å²) in [7, 11) is -7.83. The van der Waals surface area contributed by atoms with Crippen LogP contribution in [-0.4, -0.2) is 47.6 Å². The number of imidazole rings is 2. The molecule has 0 radical (unpaired) electrons. The van der Waals surface area contributed by atoms with Gasteiger partial charge in [0, 0.05) is 12.5 Å². The molecule has 0 aliphatic rings. The van der Waals surface area contributed by atoms with Crippen LogP contribution in [0, 0.1) is 0 Å². The lowest BCUT2D eigenvalue weighted by Crippen LogP contribution is -2.30. The molecule has 0 aliphatic carbocycles. The molecule has 0 atom stereocenters. The van der Waals surface area contributed by atoms with Crippen LogP contribution in [0.2, 0.25) is 0 Å². The van der Waals surface area contributed by atoms with Gasteiger partial charge in [-0.1, -0.05) is 65.2 Å². The van der Waals surface area contributed by atoms with Crippen LogP contribution >= 0.6 is 0 Å². The van der Waals surface area contributed by atoms with Crippen molar-refractivity contribution in [1.29, 1.82) is 0 Å². The van der Waals surface area contributed by atoms with E-state index in [0.717, 1.165) is 0 Å². The van der Waals surface area contributed by atoms with E-state index in [-0.39, 0.29) is 0 Å². The molecule has 0 saturated heterocycles. The van der Waals surface area contributed by atoms with Crippen LogP contribution in [0.25, 0.3) is 0 Å². The molecule has 2 aromatic rings. The van der Waals surface area contributed by atoms with Crippen LogP contribution in [-0.2, 0) is 46.4 Å². The summed E-state index contributed by atoms with van der Waals surface area (Å²) in [6, 6.07) is 0. The molecule has 0 bridgehead atoms. The molecular weight excluding hydrogens is 576 g/mol. The Kier molecular flexibility index (Phi) is 23.6. The minimum Gasteiger partial charge on any atom is -0.748 e. The van der Waals surface area contributed by atoms with E-state index in [2.05, 4.69) is 69.6 Å². The maximum absolute atomic E-state index is 9.08. The average Bonchev–Trinajstić information content (AvgIpc) is 3.53. The van der Waals surface area contributed by atoms with Crippen molar-refractivity contribution in [1.82, 2.24) is 9.13 Å². The second-order valence-corrected chi connectivity index (χ2v) is 14.0. The standard InChI is InChI=1S/C28H52N4.2CH4O3S/c1-3-5-7-15-19-29-23-25-31(27-29)21-17-13-11-9-10-12-14-18-22-32-26-24-30(28-32)20-16-8-6-4-2;2*1-5(2,3)4/h23-28H,3-22H2,1-2H3;2*1H3,(H,2,3,4)/q+2;;/p-2. The van der Waals surface area contributed by atoms with Gasteiger partial charge >= 0.3 is 0 Å². The van der Waals surface area contributed by atoms with E-state index < -0.39 is 20.2 Å². The highest BCUT2D eigenvalue weighted by atomic mass is 32.2. The Hall–Kier alpha value is -1.76. The average molecular weight is 635 g/mol. The number of unbranched alkanes of at least 4 members (excludes halogenated alkanes) is 13. The topological polar surface area (TPSA) is 132 Å². The highest BCUT2D eigenvalue weighted by molar-refractivity contribution is 7.85. The smallest absolute Gasteiger partial charge is 0.243 e. The molecular formula is C30H58N4O6S2. The van der Waals surface area contributed by atoms with Gasteiger partial charge in [0.1, 0.15) is 24.8 Å². The fourth-order valence-corrected chi connectivity index (χ4v) is 4.50. The largest absolute Gasteiger partial charge is 0.748 e. The Bertz CT molecular complexity index is 1010. The molecule has 2 aromatic heterocycles. The number of nitrogens with zero attached hydrogens (tertiary/aromatic N) is 4. The van der Waals surface area contributed by atoms with Crippen LogP contribution < -0.4 is 9.13 Å². The quantitative estimate of drug-likeness (QED) is 0.106. The predicted octanol–water partition coefficient (Wildman–Crippen LogP) is 5.17. The fourth-order valence-electron chi connectivity index (χ4n) is 4.50. The Labute approximate surface area is 256 Å². The number of hydrogen-bond donors (Lipinski definition) is 0. The van der Waals surface area contributed by atoms with Gasteiger partial charge in [-0.3, -0.25) is 0 Å². The normalized spacial score (nSPS) is 11.5. The van der Waals surface area contributed by atoms with Gasteiger partial charge in [0.05, 0.1) is 46.4 Å². The Morgan fingerprint density at radius 1 is 0.524 bits per heavy atom. The molecule has 0 aliphatic heterocycles. The third-order valence-corrected chi connectivity index (χ3v) is 6.61. The molecule has 0 aromatic carbocycles. The van der Waals surface area contributed by atoms with Gasteiger partial charge in [-0.25, -0.2) is 35.1 Å². The maximum Gasteiger partial charge on any atom is 0.243 e. The first-order chi connectivity index (χ1) is 19.8. The molecule has 0 amide bonds. The van der Waals surface area contributed by atoms with Crippen LogP contribution in [0.1, 0.15) is 117 Å². The van der Waals surface area contributed by atoms with E-state index in [1.165, 1.54) is 129 Å². The molecule has 0 spiro atoms. The van der Waals surface area contributed by atoms with E-state index in [1.54, 1.807) is 0 Å². The van der Waals surface area contributed by atoms with E-state index in [4.69, 9.17) is 25.9 Å². The van der Waals surface area contributed by atoms with Crippen molar-refractivity contribution in [2.24, 2.45) is 0 Å². The second-order valence-electron chi connectivity index (χ2n) is 11.1. The Morgan fingerprint density at radius 2 is 0.810 bits per heavy atom. The van der Waals surface area contributed by atoms with Crippen LogP contribution in [0.5, 0.6) is 0 Å². The number of hydrogen-bond acceptors (Lipinski definition) is 6. The van der Waals surface area contributed by atoms with Gasteiger partial charge < -0.3 is 9.11 Å². The third kappa shape index (κ3) is 31.2. The van der Waals surface area contributed by atoms with Crippen LogP contribution in [0.15, 0.2) is 37.4 Å². The fraction of sp³-hybridized carbons (Fsp3) is 0.800. The highest BCUT2D eigenvalue weighted by Crippen LogP contribution is 2.09. The molecule has 246 valence electrons. The monoisotopic (exact) mass is 634 g/mol. The zero-order chi connectivity index (χ0) is 31.7.